The molecule has 0 saturated carbocycles. The van der Waals surface area contributed by atoms with E-state index in [1.165, 1.54) is 4.31 Å². The number of morpholine rings is 1. The number of anilines is 1. The topological polar surface area (TPSA) is 84.9 Å². The predicted octanol–water partition coefficient (Wildman–Crippen LogP) is -0.266. The van der Waals surface area contributed by atoms with Crippen molar-refractivity contribution < 1.29 is 17.9 Å². The molecule has 9 heteroatoms. The van der Waals surface area contributed by atoms with E-state index in [2.05, 4.69) is 9.97 Å². The van der Waals surface area contributed by atoms with E-state index >= 15 is 0 Å². The molecule has 1 spiro atoms. The normalized spacial score (nSPS) is 27.1. The summed E-state index contributed by atoms with van der Waals surface area (Å²) in [5.74, 6) is 0.701. The van der Waals surface area contributed by atoms with Gasteiger partial charge in [-0.15, -0.1) is 0 Å². The van der Waals surface area contributed by atoms with Gasteiger partial charge in [-0.05, 0) is 13.0 Å². The molecule has 1 atom stereocenters. The predicted molar refractivity (Wildman–Crippen MR) is 84.8 cm³/mol. The average molecular weight is 342 g/mol. The van der Waals surface area contributed by atoms with Crippen LogP contribution in [-0.2, 0) is 19.5 Å². The van der Waals surface area contributed by atoms with Gasteiger partial charge in [0.25, 0.3) is 0 Å². The summed E-state index contributed by atoms with van der Waals surface area (Å²) in [6.07, 6.45) is 3.38. The zero-order chi connectivity index (χ0) is 16.3. The maximum Gasteiger partial charge on any atom is 0.225 e. The van der Waals surface area contributed by atoms with Crippen LogP contribution in [0.4, 0.5) is 5.95 Å². The summed E-state index contributed by atoms with van der Waals surface area (Å²) in [6, 6.07) is 1.76. The minimum Gasteiger partial charge on any atom is -0.376 e. The van der Waals surface area contributed by atoms with Crippen LogP contribution in [0.3, 0.4) is 0 Å². The third-order valence-corrected chi connectivity index (χ3v) is 5.98. The molecular weight excluding hydrogens is 320 g/mol. The lowest BCUT2D eigenvalue weighted by Crippen LogP contribution is -2.60. The molecule has 0 bridgehead atoms. The van der Waals surface area contributed by atoms with Gasteiger partial charge < -0.3 is 14.4 Å². The third kappa shape index (κ3) is 3.63. The first-order valence-electron chi connectivity index (χ1n) is 7.76. The van der Waals surface area contributed by atoms with E-state index in [0.717, 1.165) is 0 Å². The second-order valence-electron chi connectivity index (χ2n) is 5.79. The van der Waals surface area contributed by atoms with Gasteiger partial charge in [0, 0.05) is 32.0 Å². The molecule has 3 heterocycles. The van der Waals surface area contributed by atoms with Gasteiger partial charge in [-0.1, -0.05) is 0 Å². The molecule has 128 valence electrons. The average Bonchev–Trinajstić information content (AvgIpc) is 2.78. The van der Waals surface area contributed by atoms with Crippen molar-refractivity contribution in [1.29, 1.82) is 0 Å². The Balaban J connectivity index is 1.82. The van der Waals surface area contributed by atoms with Crippen molar-refractivity contribution in [3.05, 3.63) is 18.5 Å². The Kier molecular flexibility index (Phi) is 4.81. The third-order valence-electron chi connectivity index (χ3n) is 4.16. The number of nitrogens with zero attached hydrogens (tertiary/aromatic N) is 4. The molecule has 0 aliphatic carbocycles. The molecule has 1 aromatic rings. The number of aromatic nitrogens is 2. The van der Waals surface area contributed by atoms with Gasteiger partial charge in [-0.25, -0.2) is 18.4 Å². The molecule has 8 nitrogen and oxygen atoms in total. The first-order chi connectivity index (χ1) is 11.0. The fraction of sp³-hybridized carbons (Fsp3) is 0.714. The molecule has 0 radical (unpaired) electrons. The van der Waals surface area contributed by atoms with Crippen LogP contribution in [-0.4, -0.2) is 80.0 Å². The highest BCUT2D eigenvalue weighted by molar-refractivity contribution is 7.89. The number of sulfonamides is 1. The Morgan fingerprint density at radius 2 is 2.00 bits per heavy atom. The lowest BCUT2D eigenvalue weighted by Gasteiger charge is -2.42. The summed E-state index contributed by atoms with van der Waals surface area (Å²) >= 11 is 0. The van der Waals surface area contributed by atoms with Crippen LogP contribution in [0.1, 0.15) is 6.92 Å². The Bertz CT molecular complexity index is 627. The van der Waals surface area contributed by atoms with E-state index in [1.807, 2.05) is 4.90 Å². The smallest absolute Gasteiger partial charge is 0.225 e. The van der Waals surface area contributed by atoms with Gasteiger partial charge in [0.2, 0.25) is 16.0 Å². The van der Waals surface area contributed by atoms with E-state index < -0.39 is 15.6 Å². The van der Waals surface area contributed by atoms with Crippen molar-refractivity contribution >= 4 is 16.0 Å². The monoisotopic (exact) mass is 342 g/mol. The number of hydrogen-bond acceptors (Lipinski definition) is 7. The number of hydrogen-bond donors (Lipinski definition) is 0. The maximum atomic E-state index is 12.2. The summed E-state index contributed by atoms with van der Waals surface area (Å²) in [6.45, 7) is 4.77. The van der Waals surface area contributed by atoms with E-state index in [1.54, 1.807) is 25.4 Å². The second kappa shape index (κ2) is 6.68. The van der Waals surface area contributed by atoms with E-state index in [9.17, 15) is 8.42 Å². The van der Waals surface area contributed by atoms with Gasteiger partial charge in [-0.3, -0.25) is 0 Å². The van der Waals surface area contributed by atoms with Crippen molar-refractivity contribution in [2.45, 2.75) is 12.5 Å². The highest BCUT2D eigenvalue weighted by Gasteiger charge is 2.43. The van der Waals surface area contributed by atoms with Crippen molar-refractivity contribution in [2.75, 3.05) is 56.7 Å². The van der Waals surface area contributed by atoms with E-state index in [4.69, 9.17) is 9.47 Å². The first-order valence-corrected chi connectivity index (χ1v) is 9.37. The molecule has 0 N–H and O–H groups in total. The van der Waals surface area contributed by atoms with Crippen LogP contribution in [0.25, 0.3) is 0 Å². The molecule has 0 unspecified atom stereocenters. The maximum absolute atomic E-state index is 12.2. The highest BCUT2D eigenvalue weighted by Crippen LogP contribution is 2.25. The van der Waals surface area contributed by atoms with Gasteiger partial charge in [0.15, 0.2) is 0 Å². The minimum atomic E-state index is -3.24. The first kappa shape index (κ1) is 16.6. The molecule has 1 aromatic heterocycles. The molecule has 2 fully saturated rings. The summed E-state index contributed by atoms with van der Waals surface area (Å²) in [5.41, 5.74) is -0.684. The van der Waals surface area contributed by atoms with Crippen molar-refractivity contribution in [3.63, 3.8) is 0 Å². The van der Waals surface area contributed by atoms with Crippen molar-refractivity contribution in [2.24, 2.45) is 0 Å². The molecular formula is C14H22N4O4S. The van der Waals surface area contributed by atoms with Gasteiger partial charge in [-0.2, -0.15) is 4.31 Å². The van der Waals surface area contributed by atoms with E-state index in [0.29, 0.717) is 51.9 Å². The Hall–Kier alpha value is -1.29. The van der Waals surface area contributed by atoms with Gasteiger partial charge in [0.05, 0.1) is 32.1 Å². The SMILES string of the molecule is CCS(=O)(=O)N1CCO[C@]2(COCCN(c3ncccn3)C2)C1. The lowest BCUT2D eigenvalue weighted by molar-refractivity contribution is -0.116. The molecule has 2 aliphatic heterocycles. The van der Waals surface area contributed by atoms with Crippen molar-refractivity contribution in [3.8, 4) is 0 Å². The van der Waals surface area contributed by atoms with Gasteiger partial charge >= 0.3 is 0 Å². The Morgan fingerprint density at radius 3 is 2.74 bits per heavy atom. The zero-order valence-electron chi connectivity index (χ0n) is 13.2. The van der Waals surface area contributed by atoms with Crippen LogP contribution < -0.4 is 4.90 Å². The molecule has 2 aliphatic rings. The largest absolute Gasteiger partial charge is 0.376 e. The van der Waals surface area contributed by atoms with Crippen molar-refractivity contribution in [1.82, 2.24) is 14.3 Å². The van der Waals surface area contributed by atoms with Gasteiger partial charge in [0.1, 0.15) is 5.60 Å². The number of ether oxygens (including phenoxy) is 2. The summed E-state index contributed by atoms with van der Waals surface area (Å²) in [7, 11) is -3.24. The molecule has 23 heavy (non-hydrogen) atoms. The van der Waals surface area contributed by atoms with Crippen LogP contribution in [0.15, 0.2) is 18.5 Å². The molecule has 0 aromatic carbocycles. The van der Waals surface area contributed by atoms with E-state index in [-0.39, 0.29) is 5.75 Å². The van der Waals surface area contributed by atoms with Crippen LogP contribution in [0.2, 0.25) is 0 Å². The summed E-state index contributed by atoms with van der Waals surface area (Å²) < 4.78 is 37.6. The standard InChI is InChI=1S/C14H22N4O4S/c1-2-23(19,20)18-7-9-22-14(11-18)10-17(6-8-21-12-14)13-15-4-3-5-16-13/h3-5H,2,6-12H2,1H3/t14-/m0/s1. The second-order valence-corrected chi connectivity index (χ2v) is 8.05. The Morgan fingerprint density at radius 1 is 1.22 bits per heavy atom. The van der Waals surface area contributed by atoms with Crippen LogP contribution >= 0.6 is 0 Å². The summed E-state index contributed by atoms with van der Waals surface area (Å²) in [5, 5.41) is 0. The zero-order valence-corrected chi connectivity index (χ0v) is 14.0. The summed E-state index contributed by atoms with van der Waals surface area (Å²) in [4.78, 5) is 10.6. The number of rotatable bonds is 3. The minimum absolute atomic E-state index is 0.0927. The fourth-order valence-corrected chi connectivity index (χ4v) is 4.09. The van der Waals surface area contributed by atoms with Crippen LogP contribution in [0.5, 0.6) is 0 Å². The lowest BCUT2D eigenvalue weighted by atomic mass is 10.0. The Labute approximate surface area is 136 Å². The molecule has 0 amide bonds. The highest BCUT2D eigenvalue weighted by atomic mass is 32.2. The quantitative estimate of drug-likeness (QED) is 0.748. The molecule has 2 saturated heterocycles. The fourth-order valence-electron chi connectivity index (χ4n) is 2.94. The van der Waals surface area contributed by atoms with Crippen LogP contribution in [0, 0.1) is 0 Å². The molecule has 3 rings (SSSR count).